The Hall–Kier alpha value is -1.45. The van der Waals surface area contributed by atoms with Crippen LogP contribution >= 0.6 is 0 Å². The van der Waals surface area contributed by atoms with E-state index in [1.165, 1.54) is 25.3 Å². The molecule has 1 aliphatic rings. The lowest BCUT2D eigenvalue weighted by Crippen LogP contribution is -2.08. The number of nitrogen functional groups attached to an aromatic ring is 1. The summed E-state index contributed by atoms with van der Waals surface area (Å²) in [6.45, 7) is 4.70. The molecule has 0 amide bonds. The predicted octanol–water partition coefficient (Wildman–Crippen LogP) is 3.80. The third kappa shape index (κ3) is 3.52. The van der Waals surface area contributed by atoms with Crippen molar-refractivity contribution in [1.82, 2.24) is 0 Å². The summed E-state index contributed by atoms with van der Waals surface area (Å²) in [4.78, 5) is 0. The number of nitrogens with one attached hydrogen (secondary N) is 1. The third-order valence-corrected chi connectivity index (χ3v) is 3.49. The fourth-order valence-corrected chi connectivity index (χ4v) is 2.33. The van der Waals surface area contributed by atoms with E-state index in [0.29, 0.717) is 18.3 Å². The van der Waals surface area contributed by atoms with E-state index in [1.807, 2.05) is 6.92 Å². The van der Waals surface area contributed by atoms with Crippen LogP contribution in [-0.2, 0) is 0 Å². The van der Waals surface area contributed by atoms with Crippen LogP contribution in [0.4, 0.5) is 15.8 Å². The topological polar surface area (TPSA) is 47.3 Å². The molecule has 1 aromatic carbocycles. The molecule has 106 valence electrons. The minimum Gasteiger partial charge on any atom is -0.490 e. The van der Waals surface area contributed by atoms with Crippen molar-refractivity contribution in [2.24, 2.45) is 5.92 Å². The Balaban J connectivity index is 2.03. The van der Waals surface area contributed by atoms with Gasteiger partial charge in [-0.25, -0.2) is 4.39 Å². The maximum Gasteiger partial charge on any atom is 0.167 e. The van der Waals surface area contributed by atoms with Crippen molar-refractivity contribution < 1.29 is 9.13 Å². The number of rotatable bonds is 7. The molecule has 0 spiro atoms. The molecule has 2 unspecified atom stereocenters. The Morgan fingerprint density at radius 2 is 2.16 bits per heavy atom. The molecule has 0 heterocycles. The van der Waals surface area contributed by atoms with Crippen LogP contribution in [-0.4, -0.2) is 12.6 Å². The van der Waals surface area contributed by atoms with Crippen molar-refractivity contribution in [3.05, 3.63) is 17.9 Å². The Kier molecular flexibility index (Phi) is 4.51. The Labute approximate surface area is 114 Å². The number of nitrogens with two attached hydrogens (primary N) is 1. The van der Waals surface area contributed by atoms with E-state index in [1.54, 1.807) is 6.07 Å². The smallest absolute Gasteiger partial charge is 0.167 e. The molecular formula is C15H23FN2O. The van der Waals surface area contributed by atoms with Crippen LogP contribution in [0.2, 0.25) is 0 Å². The Morgan fingerprint density at radius 1 is 1.37 bits per heavy atom. The van der Waals surface area contributed by atoms with E-state index in [4.69, 9.17) is 10.5 Å². The first kappa shape index (κ1) is 14.0. The molecule has 19 heavy (non-hydrogen) atoms. The summed E-state index contributed by atoms with van der Waals surface area (Å²) in [5.74, 6) is 0.623. The van der Waals surface area contributed by atoms with Crippen LogP contribution in [0.15, 0.2) is 12.1 Å². The highest BCUT2D eigenvalue weighted by Crippen LogP contribution is 2.39. The first-order valence-corrected chi connectivity index (χ1v) is 7.14. The molecule has 0 aliphatic heterocycles. The third-order valence-electron chi connectivity index (χ3n) is 3.49. The molecule has 1 fully saturated rings. The second-order valence-corrected chi connectivity index (χ2v) is 5.25. The quantitative estimate of drug-likeness (QED) is 0.738. The van der Waals surface area contributed by atoms with Crippen LogP contribution in [0.25, 0.3) is 0 Å². The summed E-state index contributed by atoms with van der Waals surface area (Å²) in [5, 5.41) is 3.39. The van der Waals surface area contributed by atoms with Crippen molar-refractivity contribution in [3.63, 3.8) is 0 Å². The van der Waals surface area contributed by atoms with Gasteiger partial charge in [-0.05, 0) is 25.2 Å². The fourth-order valence-electron chi connectivity index (χ4n) is 2.33. The van der Waals surface area contributed by atoms with Gasteiger partial charge in [0.15, 0.2) is 11.6 Å². The molecule has 1 saturated carbocycles. The van der Waals surface area contributed by atoms with Gasteiger partial charge in [-0.15, -0.1) is 0 Å². The van der Waals surface area contributed by atoms with Gasteiger partial charge in [0, 0.05) is 18.2 Å². The van der Waals surface area contributed by atoms with E-state index < -0.39 is 5.82 Å². The second kappa shape index (κ2) is 6.13. The molecule has 0 radical (unpaired) electrons. The summed E-state index contributed by atoms with van der Waals surface area (Å²) in [7, 11) is 0. The highest BCUT2D eigenvalue weighted by Gasteiger charge is 2.36. The number of halogens is 1. The van der Waals surface area contributed by atoms with Crippen molar-refractivity contribution in [1.29, 1.82) is 0 Å². The molecule has 0 bridgehead atoms. The van der Waals surface area contributed by atoms with Crippen molar-refractivity contribution in [2.75, 3.05) is 17.7 Å². The zero-order chi connectivity index (χ0) is 13.8. The number of ether oxygens (including phenoxy) is 1. The first-order valence-electron chi connectivity index (χ1n) is 7.14. The maximum atomic E-state index is 13.7. The zero-order valence-corrected chi connectivity index (χ0v) is 11.7. The standard InChI is InChI=1S/C15H23FN2O/c1-3-5-10-7-13(10)18-14-9-15(19-6-4-2)11(16)8-12(14)17/h8-10,13,18H,3-7,17H2,1-2H3. The lowest BCUT2D eigenvalue weighted by atomic mass is 10.2. The van der Waals surface area contributed by atoms with Gasteiger partial charge in [-0.3, -0.25) is 0 Å². The monoisotopic (exact) mass is 266 g/mol. The number of hydrogen-bond acceptors (Lipinski definition) is 3. The molecular weight excluding hydrogens is 243 g/mol. The molecule has 3 nitrogen and oxygen atoms in total. The maximum absolute atomic E-state index is 13.7. The molecule has 1 aromatic rings. The highest BCUT2D eigenvalue weighted by atomic mass is 19.1. The van der Waals surface area contributed by atoms with Gasteiger partial charge in [-0.1, -0.05) is 20.3 Å². The number of anilines is 2. The predicted molar refractivity (Wildman–Crippen MR) is 77.0 cm³/mol. The molecule has 1 aliphatic carbocycles. The van der Waals surface area contributed by atoms with Gasteiger partial charge in [0.1, 0.15) is 0 Å². The normalized spacial score (nSPS) is 21.2. The number of benzene rings is 1. The van der Waals surface area contributed by atoms with E-state index in [0.717, 1.165) is 18.0 Å². The summed E-state index contributed by atoms with van der Waals surface area (Å²) < 4.78 is 19.1. The minimum atomic E-state index is -0.391. The molecule has 2 atom stereocenters. The van der Waals surface area contributed by atoms with Gasteiger partial charge in [-0.2, -0.15) is 0 Å². The average molecular weight is 266 g/mol. The van der Waals surface area contributed by atoms with E-state index in [-0.39, 0.29) is 5.75 Å². The van der Waals surface area contributed by atoms with Gasteiger partial charge < -0.3 is 15.8 Å². The van der Waals surface area contributed by atoms with Crippen LogP contribution in [0.1, 0.15) is 39.5 Å². The second-order valence-electron chi connectivity index (χ2n) is 5.25. The first-order chi connectivity index (χ1) is 9.15. The average Bonchev–Trinajstić information content (AvgIpc) is 3.10. The lowest BCUT2D eigenvalue weighted by Gasteiger charge is -2.13. The molecule has 4 heteroatoms. The summed E-state index contributed by atoms with van der Waals surface area (Å²) in [6, 6.07) is 3.50. The van der Waals surface area contributed by atoms with Crippen LogP contribution in [0.3, 0.4) is 0 Å². The largest absolute Gasteiger partial charge is 0.490 e. The van der Waals surface area contributed by atoms with E-state index in [9.17, 15) is 4.39 Å². The molecule has 2 rings (SSSR count). The Bertz CT molecular complexity index is 436. The van der Waals surface area contributed by atoms with Gasteiger partial charge in [0.2, 0.25) is 0 Å². The van der Waals surface area contributed by atoms with Crippen LogP contribution in [0.5, 0.6) is 5.75 Å². The highest BCUT2D eigenvalue weighted by molar-refractivity contribution is 5.69. The van der Waals surface area contributed by atoms with E-state index >= 15 is 0 Å². The SMILES string of the molecule is CCCOc1cc(NC2CC2CCC)c(N)cc1F. The minimum absolute atomic E-state index is 0.284. The van der Waals surface area contributed by atoms with Crippen molar-refractivity contribution in [2.45, 2.75) is 45.6 Å². The number of hydrogen-bond donors (Lipinski definition) is 2. The lowest BCUT2D eigenvalue weighted by molar-refractivity contribution is 0.301. The Morgan fingerprint density at radius 3 is 2.84 bits per heavy atom. The summed E-state index contributed by atoms with van der Waals surface area (Å²) in [6.07, 6.45) is 4.47. The van der Waals surface area contributed by atoms with Crippen LogP contribution < -0.4 is 15.8 Å². The molecule has 0 saturated heterocycles. The summed E-state index contributed by atoms with van der Waals surface area (Å²) in [5.41, 5.74) is 7.09. The van der Waals surface area contributed by atoms with Crippen molar-refractivity contribution in [3.8, 4) is 5.75 Å². The molecule has 0 aromatic heterocycles. The fraction of sp³-hybridized carbons (Fsp3) is 0.600. The summed E-state index contributed by atoms with van der Waals surface area (Å²) >= 11 is 0. The zero-order valence-electron chi connectivity index (χ0n) is 11.7. The van der Waals surface area contributed by atoms with Gasteiger partial charge in [0.05, 0.1) is 18.0 Å². The molecule has 3 N–H and O–H groups in total. The van der Waals surface area contributed by atoms with E-state index in [2.05, 4.69) is 12.2 Å². The van der Waals surface area contributed by atoms with Gasteiger partial charge in [0.25, 0.3) is 0 Å². The van der Waals surface area contributed by atoms with Crippen LogP contribution in [0, 0.1) is 11.7 Å². The van der Waals surface area contributed by atoms with Gasteiger partial charge >= 0.3 is 0 Å². The van der Waals surface area contributed by atoms with Crippen molar-refractivity contribution >= 4 is 11.4 Å².